The Morgan fingerprint density at radius 2 is 2.06 bits per heavy atom. The first-order valence-electron chi connectivity index (χ1n) is 4.79. The molecule has 16 heavy (non-hydrogen) atoms. The predicted octanol–water partition coefficient (Wildman–Crippen LogP) is 2.10. The zero-order valence-corrected chi connectivity index (χ0v) is 9.12. The summed E-state index contributed by atoms with van der Waals surface area (Å²) >= 11 is 0. The Bertz CT molecular complexity index is 332. The number of pyridine rings is 1. The smallest absolute Gasteiger partial charge is 0.364 e. The Hall–Kier alpha value is -1.30. The van der Waals surface area contributed by atoms with Gasteiger partial charge in [0.15, 0.2) is 0 Å². The Morgan fingerprint density at radius 1 is 1.44 bits per heavy atom. The van der Waals surface area contributed by atoms with Crippen LogP contribution in [0.3, 0.4) is 0 Å². The van der Waals surface area contributed by atoms with Crippen molar-refractivity contribution in [1.82, 2.24) is 4.98 Å². The molecule has 2 N–H and O–H groups in total. The molecule has 0 bridgehead atoms. The molecule has 1 rings (SSSR count). The van der Waals surface area contributed by atoms with Crippen molar-refractivity contribution in [2.45, 2.75) is 19.1 Å². The lowest BCUT2D eigenvalue weighted by atomic mass is 10.2. The number of rotatable bonds is 3. The molecule has 0 radical (unpaired) electrons. The predicted molar refractivity (Wildman–Crippen MR) is 56.2 cm³/mol. The third-order valence-corrected chi connectivity index (χ3v) is 2.09. The molecule has 1 aromatic rings. The molecule has 0 fully saturated rings. The molecule has 0 aromatic carbocycles. The van der Waals surface area contributed by atoms with Gasteiger partial charge >= 0.3 is 6.18 Å². The summed E-state index contributed by atoms with van der Waals surface area (Å²) in [7, 11) is 1.37. The van der Waals surface area contributed by atoms with Crippen LogP contribution in [0, 0.1) is 0 Å². The highest BCUT2D eigenvalue weighted by molar-refractivity contribution is 5.44. The van der Waals surface area contributed by atoms with Gasteiger partial charge in [0.2, 0.25) is 0 Å². The lowest BCUT2D eigenvalue weighted by molar-refractivity contribution is -0.119. The van der Waals surface area contributed by atoms with E-state index in [9.17, 15) is 13.2 Å². The quantitative estimate of drug-likeness (QED) is 0.869. The highest BCUT2D eigenvalue weighted by Gasteiger charge is 2.29. The number of nitrogens with zero attached hydrogens (tertiary/aromatic N) is 2. The summed E-state index contributed by atoms with van der Waals surface area (Å²) in [5, 5.41) is 0. The fourth-order valence-electron chi connectivity index (χ4n) is 1.25. The van der Waals surface area contributed by atoms with Crippen LogP contribution in [0.25, 0.3) is 0 Å². The summed E-state index contributed by atoms with van der Waals surface area (Å²) in [5.74, 6) is 0. The molecule has 6 heteroatoms. The van der Waals surface area contributed by atoms with E-state index in [0.29, 0.717) is 11.4 Å². The molecule has 0 amide bonds. The first-order valence-corrected chi connectivity index (χ1v) is 4.79. The van der Waals surface area contributed by atoms with Crippen LogP contribution in [0.15, 0.2) is 18.3 Å². The maximum Gasteiger partial charge on any atom is 0.405 e. The lowest BCUT2D eigenvalue weighted by Gasteiger charge is -2.20. The van der Waals surface area contributed by atoms with E-state index in [4.69, 9.17) is 5.73 Å². The average molecular weight is 233 g/mol. The fourth-order valence-corrected chi connectivity index (χ4v) is 1.25. The van der Waals surface area contributed by atoms with E-state index in [1.165, 1.54) is 13.2 Å². The Balaban J connectivity index is 2.74. The van der Waals surface area contributed by atoms with Crippen LogP contribution >= 0.6 is 0 Å². The summed E-state index contributed by atoms with van der Waals surface area (Å²) in [6.07, 6.45) is -2.82. The molecule has 1 unspecified atom stereocenters. The van der Waals surface area contributed by atoms with Crippen molar-refractivity contribution < 1.29 is 13.2 Å². The number of alkyl halides is 3. The number of anilines is 1. The third kappa shape index (κ3) is 3.69. The number of hydrogen-bond donors (Lipinski definition) is 1. The van der Waals surface area contributed by atoms with E-state index in [1.54, 1.807) is 19.1 Å². The minimum Gasteiger partial charge on any atom is -0.364 e. The van der Waals surface area contributed by atoms with E-state index in [2.05, 4.69) is 4.98 Å². The van der Waals surface area contributed by atoms with Crippen LogP contribution in [-0.2, 0) is 0 Å². The van der Waals surface area contributed by atoms with E-state index >= 15 is 0 Å². The van der Waals surface area contributed by atoms with Crippen LogP contribution in [0.5, 0.6) is 0 Å². The molecule has 90 valence electrons. The highest BCUT2D eigenvalue weighted by Crippen LogP contribution is 2.20. The zero-order valence-electron chi connectivity index (χ0n) is 9.12. The summed E-state index contributed by atoms with van der Waals surface area (Å²) in [5.41, 5.74) is 6.66. The molecule has 3 nitrogen and oxygen atoms in total. The van der Waals surface area contributed by atoms with Crippen molar-refractivity contribution in [2.75, 3.05) is 18.5 Å². The second-order valence-corrected chi connectivity index (χ2v) is 3.70. The van der Waals surface area contributed by atoms with Crippen LogP contribution in [0.2, 0.25) is 0 Å². The van der Waals surface area contributed by atoms with Gasteiger partial charge in [0.05, 0.1) is 17.6 Å². The average Bonchev–Trinajstić information content (AvgIpc) is 2.15. The van der Waals surface area contributed by atoms with Gasteiger partial charge in [-0.05, 0) is 19.1 Å². The van der Waals surface area contributed by atoms with E-state index < -0.39 is 12.7 Å². The molecule has 1 heterocycles. The first kappa shape index (κ1) is 12.8. The normalized spacial score (nSPS) is 13.6. The van der Waals surface area contributed by atoms with Crippen molar-refractivity contribution in [1.29, 1.82) is 0 Å². The van der Waals surface area contributed by atoms with Gasteiger partial charge in [-0.2, -0.15) is 13.2 Å². The second-order valence-electron chi connectivity index (χ2n) is 3.70. The molecule has 0 aliphatic carbocycles. The van der Waals surface area contributed by atoms with Crippen LogP contribution in [0.4, 0.5) is 18.9 Å². The minimum atomic E-state index is -4.21. The van der Waals surface area contributed by atoms with Crippen molar-refractivity contribution in [3.63, 3.8) is 0 Å². The monoisotopic (exact) mass is 233 g/mol. The maximum absolute atomic E-state index is 12.1. The molecule has 0 saturated carbocycles. The Labute approximate surface area is 92.1 Å². The number of nitrogens with two attached hydrogens (primary N) is 1. The maximum atomic E-state index is 12.1. The Kier molecular flexibility index (Phi) is 3.74. The molecular formula is C10H14F3N3. The summed E-state index contributed by atoms with van der Waals surface area (Å²) < 4.78 is 36.4. The van der Waals surface area contributed by atoms with Gasteiger partial charge in [0.1, 0.15) is 6.54 Å². The van der Waals surface area contributed by atoms with Crippen molar-refractivity contribution in [3.05, 3.63) is 24.0 Å². The second kappa shape index (κ2) is 4.69. The van der Waals surface area contributed by atoms with Gasteiger partial charge in [0, 0.05) is 13.1 Å². The van der Waals surface area contributed by atoms with Gasteiger partial charge in [-0.1, -0.05) is 0 Å². The largest absolute Gasteiger partial charge is 0.405 e. The molecule has 0 saturated heterocycles. The van der Waals surface area contributed by atoms with Crippen LogP contribution < -0.4 is 10.6 Å². The van der Waals surface area contributed by atoms with Crippen molar-refractivity contribution in [3.8, 4) is 0 Å². The van der Waals surface area contributed by atoms with E-state index in [-0.39, 0.29) is 6.04 Å². The van der Waals surface area contributed by atoms with Gasteiger partial charge in [-0.25, -0.2) is 0 Å². The van der Waals surface area contributed by atoms with Gasteiger partial charge < -0.3 is 10.6 Å². The third-order valence-electron chi connectivity index (χ3n) is 2.09. The Morgan fingerprint density at radius 3 is 2.44 bits per heavy atom. The number of halogens is 3. The van der Waals surface area contributed by atoms with Gasteiger partial charge in [-0.3, -0.25) is 4.98 Å². The number of aromatic nitrogens is 1. The molecule has 0 aliphatic heterocycles. The molecule has 0 spiro atoms. The zero-order chi connectivity index (χ0) is 12.3. The highest BCUT2D eigenvalue weighted by atomic mass is 19.4. The fraction of sp³-hybridized carbons (Fsp3) is 0.500. The molecule has 1 atom stereocenters. The van der Waals surface area contributed by atoms with Crippen molar-refractivity contribution >= 4 is 5.69 Å². The SMILES string of the molecule is CC(N)c1ccc(N(C)CC(F)(F)F)cn1. The van der Waals surface area contributed by atoms with E-state index in [1.807, 2.05) is 0 Å². The summed E-state index contributed by atoms with van der Waals surface area (Å²) in [6, 6.07) is 2.99. The van der Waals surface area contributed by atoms with Gasteiger partial charge in [-0.15, -0.1) is 0 Å². The van der Waals surface area contributed by atoms with Crippen molar-refractivity contribution in [2.24, 2.45) is 5.73 Å². The molecule has 0 aliphatic rings. The lowest BCUT2D eigenvalue weighted by Crippen LogP contribution is -2.30. The molecule has 1 aromatic heterocycles. The van der Waals surface area contributed by atoms with Crippen LogP contribution in [0.1, 0.15) is 18.7 Å². The van der Waals surface area contributed by atoms with E-state index in [0.717, 1.165) is 4.90 Å². The minimum absolute atomic E-state index is 0.220. The van der Waals surface area contributed by atoms with Crippen LogP contribution in [-0.4, -0.2) is 24.8 Å². The summed E-state index contributed by atoms with van der Waals surface area (Å²) in [6.45, 7) is 0.771. The van der Waals surface area contributed by atoms with Gasteiger partial charge in [0.25, 0.3) is 0 Å². The first-order chi connectivity index (χ1) is 7.29. The number of hydrogen-bond acceptors (Lipinski definition) is 3. The summed E-state index contributed by atoms with van der Waals surface area (Å²) in [4.78, 5) is 5.09. The standard InChI is InChI=1S/C10H14F3N3/c1-7(14)9-4-3-8(5-15-9)16(2)6-10(11,12)13/h3-5,7H,6,14H2,1-2H3. The molecular weight excluding hydrogens is 219 g/mol. The topological polar surface area (TPSA) is 42.1 Å².